The zero-order valence-electron chi connectivity index (χ0n) is 18.2. The normalized spacial score (nSPS) is 25.1. The van der Waals surface area contributed by atoms with Gasteiger partial charge >= 0.3 is 0 Å². The summed E-state index contributed by atoms with van der Waals surface area (Å²) in [6.07, 6.45) is 4.74. The Kier molecular flexibility index (Phi) is 6.29. The molecule has 3 aliphatic heterocycles. The summed E-state index contributed by atoms with van der Waals surface area (Å²) in [6, 6.07) is 6.55. The number of ether oxygens (including phenoxy) is 1. The Bertz CT molecular complexity index is 826. The van der Waals surface area contributed by atoms with E-state index in [4.69, 9.17) is 10.5 Å². The van der Waals surface area contributed by atoms with Crippen LogP contribution in [0.1, 0.15) is 45.4 Å². The van der Waals surface area contributed by atoms with Crippen LogP contribution < -0.4 is 15.4 Å². The summed E-state index contributed by atoms with van der Waals surface area (Å²) in [5.41, 5.74) is 5.81. The van der Waals surface area contributed by atoms with E-state index in [2.05, 4.69) is 9.80 Å². The molecule has 168 valence electrons. The van der Waals surface area contributed by atoms with Crippen molar-refractivity contribution in [3.63, 3.8) is 0 Å². The van der Waals surface area contributed by atoms with E-state index in [1.807, 2.05) is 6.92 Å². The molecule has 8 nitrogen and oxygen atoms in total. The van der Waals surface area contributed by atoms with Crippen LogP contribution in [0, 0.1) is 0 Å². The molecule has 1 aromatic rings. The molecule has 1 atom stereocenters. The lowest BCUT2D eigenvalue weighted by atomic mass is 9.83. The van der Waals surface area contributed by atoms with Crippen molar-refractivity contribution < 1.29 is 19.1 Å². The Labute approximate surface area is 183 Å². The number of likely N-dealkylation sites (tertiary alicyclic amines) is 2. The van der Waals surface area contributed by atoms with Gasteiger partial charge in [-0.25, -0.2) is 4.90 Å². The van der Waals surface area contributed by atoms with E-state index >= 15 is 0 Å². The fourth-order valence-corrected chi connectivity index (χ4v) is 5.28. The first-order valence-corrected chi connectivity index (χ1v) is 11.3. The highest BCUT2D eigenvalue weighted by Gasteiger charge is 2.49. The minimum Gasteiger partial charge on any atom is -0.494 e. The number of carbonyl (C=O) groups is 3. The summed E-state index contributed by atoms with van der Waals surface area (Å²) in [6.45, 7) is 5.43. The molecular weight excluding hydrogens is 396 g/mol. The highest BCUT2D eigenvalue weighted by atomic mass is 16.5. The quantitative estimate of drug-likeness (QED) is 0.691. The van der Waals surface area contributed by atoms with Crippen LogP contribution in [0.25, 0.3) is 0 Å². The maximum atomic E-state index is 13.2. The van der Waals surface area contributed by atoms with Gasteiger partial charge in [0.15, 0.2) is 0 Å². The average Bonchev–Trinajstić information content (AvgIpc) is 3.09. The summed E-state index contributed by atoms with van der Waals surface area (Å²) in [5.74, 6) is 0.0537. The number of nitrogens with two attached hydrogens (primary N) is 1. The number of hydrogen-bond acceptors (Lipinski definition) is 6. The fraction of sp³-hybridized carbons (Fsp3) is 0.609. The minimum atomic E-state index is -0.628. The molecular formula is C23H32N4O4. The number of piperidine rings is 2. The molecule has 0 aromatic heterocycles. The molecule has 3 amide bonds. The maximum Gasteiger partial charge on any atom is 0.251 e. The molecule has 8 heteroatoms. The van der Waals surface area contributed by atoms with Crippen LogP contribution in [-0.4, -0.2) is 71.9 Å². The third-order valence-electron chi connectivity index (χ3n) is 7.01. The Morgan fingerprint density at radius 1 is 1.06 bits per heavy atom. The van der Waals surface area contributed by atoms with Gasteiger partial charge in [0.05, 0.1) is 24.8 Å². The molecule has 0 aliphatic carbocycles. The van der Waals surface area contributed by atoms with E-state index in [9.17, 15) is 14.4 Å². The second kappa shape index (κ2) is 8.96. The lowest BCUT2D eigenvalue weighted by molar-refractivity contribution is -0.136. The molecule has 0 bridgehead atoms. The van der Waals surface area contributed by atoms with Gasteiger partial charge in [0.2, 0.25) is 11.8 Å². The zero-order chi connectivity index (χ0) is 22.0. The number of imide groups is 1. The monoisotopic (exact) mass is 428 g/mol. The Morgan fingerprint density at radius 2 is 1.71 bits per heavy atom. The summed E-state index contributed by atoms with van der Waals surface area (Å²) in [5, 5.41) is 0. The van der Waals surface area contributed by atoms with Gasteiger partial charge in [0, 0.05) is 13.1 Å². The van der Waals surface area contributed by atoms with Crippen molar-refractivity contribution in [2.75, 3.05) is 37.7 Å². The molecule has 4 rings (SSSR count). The van der Waals surface area contributed by atoms with Crippen molar-refractivity contribution in [2.45, 2.75) is 57.0 Å². The summed E-state index contributed by atoms with van der Waals surface area (Å²) < 4.78 is 5.44. The van der Waals surface area contributed by atoms with Crippen LogP contribution >= 0.6 is 0 Å². The van der Waals surface area contributed by atoms with Gasteiger partial charge in [-0.1, -0.05) is 6.42 Å². The molecule has 0 saturated carbocycles. The zero-order valence-corrected chi connectivity index (χ0v) is 18.2. The number of primary amides is 1. The van der Waals surface area contributed by atoms with Gasteiger partial charge in [-0.3, -0.25) is 24.2 Å². The van der Waals surface area contributed by atoms with Crippen LogP contribution in [-0.2, 0) is 14.4 Å². The van der Waals surface area contributed by atoms with Crippen LogP contribution in [0.3, 0.4) is 0 Å². The third kappa shape index (κ3) is 4.06. The molecule has 0 unspecified atom stereocenters. The number of benzene rings is 1. The van der Waals surface area contributed by atoms with Crippen molar-refractivity contribution in [1.29, 1.82) is 0 Å². The average molecular weight is 429 g/mol. The Morgan fingerprint density at radius 3 is 2.29 bits per heavy atom. The van der Waals surface area contributed by atoms with Crippen molar-refractivity contribution in [2.24, 2.45) is 5.73 Å². The van der Waals surface area contributed by atoms with Crippen LogP contribution in [0.4, 0.5) is 5.69 Å². The largest absolute Gasteiger partial charge is 0.494 e. The first-order valence-electron chi connectivity index (χ1n) is 11.3. The standard InChI is InChI=1S/C23H32N4O4/c1-2-31-18-8-6-17(7-9-18)27-20(28)16-19(21(27)29)25-14-10-23(11-15-25,22(24)30)26-12-4-3-5-13-26/h6-9,19H,2-5,10-16H2,1H3,(H2,24,30)/t19-/m1/s1. The smallest absolute Gasteiger partial charge is 0.251 e. The van der Waals surface area contributed by atoms with Gasteiger partial charge < -0.3 is 10.5 Å². The molecule has 0 spiro atoms. The lowest BCUT2D eigenvalue weighted by Gasteiger charge is -2.48. The third-order valence-corrected chi connectivity index (χ3v) is 7.01. The maximum absolute atomic E-state index is 13.2. The fourth-order valence-electron chi connectivity index (χ4n) is 5.28. The molecule has 1 aromatic carbocycles. The predicted octanol–water partition coefficient (Wildman–Crippen LogP) is 1.52. The topological polar surface area (TPSA) is 96.2 Å². The van der Waals surface area contributed by atoms with Crippen molar-refractivity contribution >= 4 is 23.4 Å². The van der Waals surface area contributed by atoms with Crippen LogP contribution in [0.15, 0.2) is 24.3 Å². The van der Waals surface area contributed by atoms with Gasteiger partial charge in [-0.05, 0) is 70.0 Å². The van der Waals surface area contributed by atoms with Gasteiger partial charge in [0.25, 0.3) is 5.91 Å². The first-order chi connectivity index (χ1) is 15.0. The Hall–Kier alpha value is -2.45. The van der Waals surface area contributed by atoms with Crippen LogP contribution in [0.2, 0.25) is 0 Å². The highest BCUT2D eigenvalue weighted by molar-refractivity contribution is 6.22. The highest BCUT2D eigenvalue weighted by Crippen LogP contribution is 2.34. The molecule has 3 heterocycles. The van der Waals surface area contributed by atoms with Crippen molar-refractivity contribution in [3.8, 4) is 5.75 Å². The number of carbonyl (C=O) groups excluding carboxylic acids is 3. The number of nitrogens with zero attached hydrogens (tertiary/aromatic N) is 3. The van der Waals surface area contributed by atoms with Gasteiger partial charge in [-0.2, -0.15) is 0 Å². The number of hydrogen-bond donors (Lipinski definition) is 1. The van der Waals surface area contributed by atoms with Crippen molar-refractivity contribution in [3.05, 3.63) is 24.3 Å². The Balaban J connectivity index is 1.44. The molecule has 3 aliphatic rings. The molecule has 3 fully saturated rings. The summed E-state index contributed by atoms with van der Waals surface area (Å²) >= 11 is 0. The number of anilines is 1. The van der Waals surface area contributed by atoms with Gasteiger partial charge in [-0.15, -0.1) is 0 Å². The molecule has 31 heavy (non-hydrogen) atoms. The molecule has 2 N–H and O–H groups in total. The lowest BCUT2D eigenvalue weighted by Crippen LogP contribution is -2.64. The second-order valence-corrected chi connectivity index (χ2v) is 8.69. The van der Waals surface area contributed by atoms with Gasteiger partial charge in [0.1, 0.15) is 11.3 Å². The van der Waals surface area contributed by atoms with E-state index < -0.39 is 11.6 Å². The molecule has 0 radical (unpaired) electrons. The van der Waals surface area contributed by atoms with E-state index in [1.54, 1.807) is 24.3 Å². The van der Waals surface area contributed by atoms with E-state index in [0.29, 0.717) is 44.0 Å². The van der Waals surface area contributed by atoms with E-state index in [-0.39, 0.29) is 24.1 Å². The summed E-state index contributed by atoms with van der Waals surface area (Å²) in [4.78, 5) is 43.9. The number of amides is 3. The first kappa shape index (κ1) is 21.8. The SMILES string of the molecule is CCOc1ccc(N2C(=O)C[C@@H](N3CCC(C(N)=O)(N4CCCCC4)CC3)C2=O)cc1. The van der Waals surface area contributed by atoms with Crippen LogP contribution in [0.5, 0.6) is 5.75 Å². The van der Waals surface area contributed by atoms with Crippen molar-refractivity contribution in [1.82, 2.24) is 9.80 Å². The summed E-state index contributed by atoms with van der Waals surface area (Å²) in [7, 11) is 0. The predicted molar refractivity (Wildman–Crippen MR) is 117 cm³/mol. The second-order valence-electron chi connectivity index (χ2n) is 8.69. The number of rotatable bonds is 6. The molecule has 3 saturated heterocycles. The minimum absolute atomic E-state index is 0.166. The van der Waals surface area contributed by atoms with E-state index in [0.717, 1.165) is 25.9 Å². The van der Waals surface area contributed by atoms with E-state index in [1.165, 1.54) is 11.3 Å².